The van der Waals surface area contributed by atoms with Gasteiger partial charge in [-0.1, -0.05) is 0 Å². The maximum absolute atomic E-state index is 4.40. The summed E-state index contributed by atoms with van der Waals surface area (Å²) in [4.78, 5) is 4.40. The minimum absolute atomic E-state index is 0.751. The summed E-state index contributed by atoms with van der Waals surface area (Å²) in [5.41, 5.74) is 0. The van der Waals surface area contributed by atoms with Crippen LogP contribution in [-0.4, -0.2) is 15.6 Å². The van der Waals surface area contributed by atoms with Crippen LogP contribution >= 0.6 is 15.9 Å². The number of hydrogen-bond donors (Lipinski definition) is 1. The van der Waals surface area contributed by atoms with Crippen LogP contribution in [0.1, 0.15) is 25.6 Å². The third kappa shape index (κ3) is 2.31. The van der Waals surface area contributed by atoms with E-state index in [1.807, 2.05) is 6.20 Å². The van der Waals surface area contributed by atoms with E-state index in [0.717, 1.165) is 29.6 Å². The zero-order valence-corrected chi connectivity index (χ0v) is 9.34. The minimum Gasteiger partial charge on any atom is -0.333 e. The summed E-state index contributed by atoms with van der Waals surface area (Å²) >= 11 is 3.39. The van der Waals surface area contributed by atoms with Crippen molar-refractivity contribution in [3.05, 3.63) is 16.6 Å². The van der Waals surface area contributed by atoms with Crippen LogP contribution in [0.2, 0.25) is 0 Å². The first-order valence-corrected chi connectivity index (χ1v) is 5.54. The summed E-state index contributed by atoms with van der Waals surface area (Å²) in [5.74, 6) is 1.13. The van der Waals surface area contributed by atoms with Crippen molar-refractivity contribution >= 4 is 15.9 Å². The normalized spacial score (nSPS) is 16.5. The van der Waals surface area contributed by atoms with Crippen molar-refractivity contribution in [2.45, 2.75) is 38.9 Å². The average molecular weight is 244 g/mol. The Labute approximate surface area is 86.7 Å². The molecule has 0 atom stereocenters. The predicted octanol–water partition coefficient (Wildman–Crippen LogP) is 1.92. The van der Waals surface area contributed by atoms with E-state index in [1.54, 1.807) is 0 Å². The fourth-order valence-corrected chi connectivity index (χ4v) is 1.81. The second-order valence-electron chi connectivity index (χ2n) is 3.42. The smallest absolute Gasteiger partial charge is 0.124 e. The molecule has 0 unspecified atom stereocenters. The van der Waals surface area contributed by atoms with Gasteiger partial charge >= 0.3 is 0 Å². The number of aromatic nitrogens is 2. The van der Waals surface area contributed by atoms with Crippen molar-refractivity contribution < 1.29 is 0 Å². The van der Waals surface area contributed by atoms with Gasteiger partial charge in [0.05, 0.1) is 6.54 Å². The molecular weight excluding hydrogens is 230 g/mol. The molecule has 0 saturated heterocycles. The number of imidazole rings is 1. The molecule has 1 aliphatic carbocycles. The van der Waals surface area contributed by atoms with Crippen LogP contribution in [0, 0.1) is 0 Å². The summed E-state index contributed by atoms with van der Waals surface area (Å²) in [5, 5.41) is 3.46. The van der Waals surface area contributed by atoms with Crippen LogP contribution in [0.3, 0.4) is 0 Å². The van der Waals surface area contributed by atoms with Crippen LogP contribution < -0.4 is 5.32 Å². The summed E-state index contributed by atoms with van der Waals surface area (Å²) in [6.45, 7) is 4.01. The molecule has 1 saturated carbocycles. The van der Waals surface area contributed by atoms with E-state index in [-0.39, 0.29) is 0 Å². The number of hydrogen-bond acceptors (Lipinski definition) is 2. The number of nitrogens with zero attached hydrogens (tertiary/aromatic N) is 2. The zero-order valence-electron chi connectivity index (χ0n) is 7.76. The molecule has 13 heavy (non-hydrogen) atoms. The molecule has 3 nitrogen and oxygen atoms in total. The first-order valence-electron chi connectivity index (χ1n) is 4.74. The summed E-state index contributed by atoms with van der Waals surface area (Å²) in [6, 6.07) is 0.751. The first kappa shape index (κ1) is 9.21. The number of aryl methyl sites for hydroxylation is 1. The van der Waals surface area contributed by atoms with Crippen LogP contribution in [-0.2, 0) is 13.1 Å². The van der Waals surface area contributed by atoms with Gasteiger partial charge in [0.25, 0.3) is 0 Å². The van der Waals surface area contributed by atoms with Crippen molar-refractivity contribution in [2.75, 3.05) is 0 Å². The Morgan fingerprint density at radius 3 is 3.08 bits per heavy atom. The minimum atomic E-state index is 0.751. The SMILES string of the molecule is CCn1cc(Br)nc1CNC1CC1. The fourth-order valence-electron chi connectivity index (χ4n) is 1.36. The topological polar surface area (TPSA) is 29.9 Å². The lowest BCUT2D eigenvalue weighted by Gasteiger charge is -2.04. The second kappa shape index (κ2) is 3.80. The van der Waals surface area contributed by atoms with Crippen molar-refractivity contribution in [1.29, 1.82) is 0 Å². The standard InChI is InChI=1S/C9H14BrN3/c1-2-13-6-8(10)12-9(13)5-11-7-3-4-7/h6-7,11H,2-5H2,1H3. The molecule has 0 bridgehead atoms. The molecule has 1 fully saturated rings. The molecule has 0 aliphatic heterocycles. The van der Waals surface area contributed by atoms with Crippen molar-refractivity contribution in [3.8, 4) is 0 Å². The Morgan fingerprint density at radius 1 is 1.69 bits per heavy atom. The van der Waals surface area contributed by atoms with Gasteiger partial charge in [0, 0.05) is 18.8 Å². The fraction of sp³-hybridized carbons (Fsp3) is 0.667. The van der Waals surface area contributed by atoms with Gasteiger partial charge < -0.3 is 9.88 Å². The molecule has 0 radical (unpaired) electrons. The first-order chi connectivity index (χ1) is 6.29. The molecule has 4 heteroatoms. The van der Waals surface area contributed by atoms with Crippen molar-refractivity contribution in [2.24, 2.45) is 0 Å². The van der Waals surface area contributed by atoms with Gasteiger partial charge in [-0.15, -0.1) is 0 Å². The van der Waals surface area contributed by atoms with E-state index < -0.39 is 0 Å². The lowest BCUT2D eigenvalue weighted by Crippen LogP contribution is -2.18. The molecule has 1 N–H and O–H groups in total. The highest BCUT2D eigenvalue weighted by Gasteiger charge is 2.20. The molecule has 1 aliphatic rings. The van der Waals surface area contributed by atoms with Crippen molar-refractivity contribution in [3.63, 3.8) is 0 Å². The zero-order chi connectivity index (χ0) is 9.26. The molecule has 1 heterocycles. The molecular formula is C9H14BrN3. The maximum atomic E-state index is 4.40. The molecule has 0 amide bonds. The van der Waals surface area contributed by atoms with Crippen LogP contribution in [0.15, 0.2) is 10.8 Å². The molecule has 72 valence electrons. The Kier molecular flexibility index (Phi) is 2.69. The van der Waals surface area contributed by atoms with Gasteiger partial charge in [-0.2, -0.15) is 0 Å². The van der Waals surface area contributed by atoms with Crippen LogP contribution in [0.25, 0.3) is 0 Å². The summed E-state index contributed by atoms with van der Waals surface area (Å²) < 4.78 is 3.10. The van der Waals surface area contributed by atoms with E-state index in [1.165, 1.54) is 12.8 Å². The number of nitrogens with one attached hydrogen (secondary N) is 1. The average Bonchev–Trinajstić information content (AvgIpc) is 2.87. The molecule has 0 aromatic carbocycles. The molecule has 0 spiro atoms. The Bertz CT molecular complexity index is 291. The second-order valence-corrected chi connectivity index (χ2v) is 4.23. The highest BCUT2D eigenvalue weighted by atomic mass is 79.9. The quantitative estimate of drug-likeness (QED) is 0.876. The molecule has 1 aromatic rings. The van der Waals surface area contributed by atoms with E-state index >= 15 is 0 Å². The summed E-state index contributed by atoms with van der Waals surface area (Å²) in [7, 11) is 0. The Hall–Kier alpha value is -0.350. The van der Waals surface area contributed by atoms with Gasteiger partial charge in [-0.3, -0.25) is 0 Å². The van der Waals surface area contributed by atoms with Crippen LogP contribution in [0.5, 0.6) is 0 Å². The van der Waals surface area contributed by atoms with Gasteiger partial charge in [0.1, 0.15) is 10.4 Å². The Morgan fingerprint density at radius 2 is 2.46 bits per heavy atom. The lowest BCUT2D eigenvalue weighted by molar-refractivity contribution is 0.610. The Balaban J connectivity index is 1.99. The van der Waals surface area contributed by atoms with Crippen molar-refractivity contribution in [1.82, 2.24) is 14.9 Å². The van der Waals surface area contributed by atoms with E-state index in [4.69, 9.17) is 0 Å². The van der Waals surface area contributed by atoms with E-state index in [0.29, 0.717) is 0 Å². The third-order valence-corrected chi connectivity index (χ3v) is 2.68. The third-order valence-electron chi connectivity index (χ3n) is 2.30. The number of halogens is 1. The maximum Gasteiger partial charge on any atom is 0.124 e. The van der Waals surface area contributed by atoms with Gasteiger partial charge in [-0.25, -0.2) is 4.98 Å². The van der Waals surface area contributed by atoms with Gasteiger partial charge in [0.15, 0.2) is 0 Å². The highest BCUT2D eigenvalue weighted by molar-refractivity contribution is 9.10. The van der Waals surface area contributed by atoms with Crippen LogP contribution in [0.4, 0.5) is 0 Å². The van der Waals surface area contributed by atoms with E-state index in [9.17, 15) is 0 Å². The van der Waals surface area contributed by atoms with E-state index in [2.05, 4.69) is 37.7 Å². The lowest BCUT2D eigenvalue weighted by atomic mass is 10.5. The monoisotopic (exact) mass is 243 g/mol. The number of rotatable bonds is 4. The van der Waals surface area contributed by atoms with Gasteiger partial charge in [-0.05, 0) is 35.7 Å². The van der Waals surface area contributed by atoms with Gasteiger partial charge in [0.2, 0.25) is 0 Å². The highest BCUT2D eigenvalue weighted by Crippen LogP contribution is 2.19. The largest absolute Gasteiger partial charge is 0.333 e. The predicted molar refractivity (Wildman–Crippen MR) is 55.5 cm³/mol. The molecule has 2 rings (SSSR count). The summed E-state index contributed by atoms with van der Waals surface area (Å²) in [6.07, 6.45) is 4.69. The molecule has 1 aromatic heterocycles.